The number of amides is 1. The summed E-state index contributed by atoms with van der Waals surface area (Å²) in [7, 11) is 0. The minimum atomic E-state index is -0.298. The van der Waals surface area contributed by atoms with E-state index in [1.54, 1.807) is 0 Å². The zero-order valence-corrected chi connectivity index (χ0v) is 12.0. The molecule has 0 saturated carbocycles. The van der Waals surface area contributed by atoms with E-state index in [9.17, 15) is 4.79 Å². The standard InChI is InChI=1S/C17H20N2O2/c18-17(20)15-7-6-14(12-13-4-2-1-3-5-13)16(15)19-8-10-21-11-9-19/h1-5,12H,6-11H2,(H2,18,20)/b14-12-. The normalized spacial score (nSPS) is 21.1. The monoisotopic (exact) mass is 284 g/mol. The van der Waals surface area contributed by atoms with Crippen molar-refractivity contribution >= 4 is 12.0 Å². The SMILES string of the molecule is NC(=O)C1=C(N2CCOCC2)/C(=C\c2ccccc2)CC1. The Hall–Kier alpha value is -2.07. The molecule has 1 aliphatic heterocycles. The lowest BCUT2D eigenvalue weighted by molar-refractivity contribution is -0.114. The maximum absolute atomic E-state index is 11.7. The summed E-state index contributed by atoms with van der Waals surface area (Å²) < 4.78 is 5.41. The third-order valence-electron chi connectivity index (χ3n) is 4.00. The predicted molar refractivity (Wildman–Crippen MR) is 82.3 cm³/mol. The lowest BCUT2D eigenvalue weighted by atomic mass is 10.1. The summed E-state index contributed by atoms with van der Waals surface area (Å²) in [5, 5.41) is 0. The molecule has 4 nitrogen and oxygen atoms in total. The Balaban J connectivity index is 1.96. The van der Waals surface area contributed by atoms with E-state index in [1.165, 1.54) is 5.57 Å². The highest BCUT2D eigenvalue weighted by Crippen LogP contribution is 2.35. The second kappa shape index (κ2) is 6.14. The van der Waals surface area contributed by atoms with Crippen molar-refractivity contribution in [2.24, 2.45) is 5.73 Å². The summed E-state index contributed by atoms with van der Waals surface area (Å²) >= 11 is 0. The van der Waals surface area contributed by atoms with Crippen molar-refractivity contribution in [2.45, 2.75) is 12.8 Å². The molecule has 1 aliphatic carbocycles. The van der Waals surface area contributed by atoms with Crippen molar-refractivity contribution in [1.82, 2.24) is 4.90 Å². The molecule has 1 saturated heterocycles. The molecule has 0 atom stereocenters. The van der Waals surface area contributed by atoms with Crippen LogP contribution in [-0.4, -0.2) is 37.1 Å². The molecule has 0 bridgehead atoms. The summed E-state index contributed by atoms with van der Waals surface area (Å²) in [4.78, 5) is 14.0. The fourth-order valence-corrected chi connectivity index (χ4v) is 3.00. The molecular weight excluding hydrogens is 264 g/mol. The van der Waals surface area contributed by atoms with Gasteiger partial charge < -0.3 is 15.4 Å². The number of ether oxygens (including phenoxy) is 1. The number of nitrogens with two attached hydrogens (primary N) is 1. The van der Waals surface area contributed by atoms with E-state index in [1.807, 2.05) is 18.2 Å². The molecule has 21 heavy (non-hydrogen) atoms. The maximum atomic E-state index is 11.7. The molecular formula is C17H20N2O2. The second-order valence-electron chi connectivity index (χ2n) is 5.37. The molecule has 1 aromatic carbocycles. The fourth-order valence-electron chi connectivity index (χ4n) is 3.00. The largest absolute Gasteiger partial charge is 0.378 e. The lowest BCUT2D eigenvalue weighted by Crippen LogP contribution is -2.36. The Kier molecular flexibility index (Phi) is 4.06. The molecule has 1 amide bonds. The molecule has 2 N–H and O–H groups in total. The number of carbonyl (C=O) groups excluding carboxylic acids is 1. The Labute approximate surface area is 124 Å². The fraction of sp³-hybridized carbons (Fsp3) is 0.353. The zero-order valence-electron chi connectivity index (χ0n) is 12.0. The zero-order chi connectivity index (χ0) is 14.7. The minimum absolute atomic E-state index is 0.298. The van der Waals surface area contributed by atoms with E-state index in [4.69, 9.17) is 10.5 Å². The number of benzene rings is 1. The van der Waals surface area contributed by atoms with Gasteiger partial charge in [-0.25, -0.2) is 0 Å². The summed E-state index contributed by atoms with van der Waals surface area (Å²) in [5.74, 6) is -0.298. The van der Waals surface area contributed by atoms with Crippen LogP contribution in [-0.2, 0) is 9.53 Å². The van der Waals surface area contributed by atoms with Crippen LogP contribution in [0.15, 0.2) is 47.2 Å². The van der Waals surface area contributed by atoms with Crippen molar-refractivity contribution in [1.29, 1.82) is 0 Å². The number of morpholine rings is 1. The number of nitrogens with zero attached hydrogens (tertiary/aromatic N) is 1. The van der Waals surface area contributed by atoms with Crippen molar-refractivity contribution < 1.29 is 9.53 Å². The summed E-state index contributed by atoms with van der Waals surface area (Å²) in [6.07, 6.45) is 3.78. The van der Waals surface area contributed by atoms with E-state index in [-0.39, 0.29) is 5.91 Å². The third kappa shape index (κ3) is 3.00. The van der Waals surface area contributed by atoms with Crippen molar-refractivity contribution in [3.05, 3.63) is 52.7 Å². The summed E-state index contributed by atoms with van der Waals surface area (Å²) in [5.41, 5.74) is 9.73. The van der Waals surface area contributed by atoms with Crippen molar-refractivity contribution in [3.8, 4) is 0 Å². The average molecular weight is 284 g/mol. The first kappa shape index (κ1) is 13.9. The van der Waals surface area contributed by atoms with Gasteiger partial charge in [0.1, 0.15) is 0 Å². The van der Waals surface area contributed by atoms with Crippen LogP contribution >= 0.6 is 0 Å². The van der Waals surface area contributed by atoms with E-state index >= 15 is 0 Å². The van der Waals surface area contributed by atoms with Crippen LogP contribution in [0.5, 0.6) is 0 Å². The Bertz CT molecular complexity index is 584. The first-order valence-corrected chi connectivity index (χ1v) is 7.37. The van der Waals surface area contributed by atoms with Gasteiger partial charge in [-0.1, -0.05) is 30.3 Å². The number of hydrogen-bond donors (Lipinski definition) is 1. The van der Waals surface area contributed by atoms with Gasteiger partial charge in [-0.2, -0.15) is 0 Å². The van der Waals surface area contributed by atoms with Gasteiger partial charge in [0.2, 0.25) is 5.91 Å². The molecule has 1 heterocycles. The molecule has 0 unspecified atom stereocenters. The van der Waals surface area contributed by atoms with Crippen LogP contribution < -0.4 is 5.73 Å². The van der Waals surface area contributed by atoms with Crippen LogP contribution in [0.25, 0.3) is 6.08 Å². The molecule has 0 radical (unpaired) electrons. The number of primary amides is 1. The van der Waals surface area contributed by atoms with Crippen molar-refractivity contribution in [3.63, 3.8) is 0 Å². The topological polar surface area (TPSA) is 55.6 Å². The molecule has 2 aliphatic rings. The molecule has 110 valence electrons. The van der Waals surface area contributed by atoms with Crippen LogP contribution in [0.4, 0.5) is 0 Å². The quantitative estimate of drug-likeness (QED) is 0.923. The van der Waals surface area contributed by atoms with Gasteiger partial charge in [-0.05, 0) is 30.1 Å². The Morgan fingerprint density at radius 3 is 2.52 bits per heavy atom. The van der Waals surface area contributed by atoms with Gasteiger partial charge in [0, 0.05) is 24.4 Å². The van der Waals surface area contributed by atoms with E-state index in [0.29, 0.717) is 13.2 Å². The smallest absolute Gasteiger partial charge is 0.246 e. The molecule has 1 fully saturated rings. The van der Waals surface area contributed by atoms with Gasteiger partial charge >= 0.3 is 0 Å². The van der Waals surface area contributed by atoms with Gasteiger partial charge in [0.05, 0.1) is 13.2 Å². The Morgan fingerprint density at radius 1 is 1.14 bits per heavy atom. The van der Waals surface area contributed by atoms with Gasteiger partial charge in [0.25, 0.3) is 0 Å². The van der Waals surface area contributed by atoms with E-state index in [2.05, 4.69) is 23.1 Å². The van der Waals surface area contributed by atoms with Gasteiger partial charge in [0.15, 0.2) is 0 Å². The highest BCUT2D eigenvalue weighted by atomic mass is 16.5. The van der Waals surface area contributed by atoms with E-state index in [0.717, 1.165) is 42.8 Å². The summed E-state index contributed by atoms with van der Waals surface area (Å²) in [6, 6.07) is 10.2. The highest BCUT2D eigenvalue weighted by molar-refractivity contribution is 5.95. The van der Waals surface area contributed by atoms with E-state index < -0.39 is 0 Å². The van der Waals surface area contributed by atoms with Gasteiger partial charge in [-0.15, -0.1) is 0 Å². The maximum Gasteiger partial charge on any atom is 0.246 e. The second-order valence-corrected chi connectivity index (χ2v) is 5.37. The van der Waals surface area contributed by atoms with Crippen LogP contribution in [0.2, 0.25) is 0 Å². The number of allylic oxidation sites excluding steroid dienone is 1. The lowest BCUT2D eigenvalue weighted by Gasteiger charge is -2.31. The average Bonchev–Trinajstić information content (AvgIpc) is 2.93. The third-order valence-corrected chi connectivity index (χ3v) is 4.00. The van der Waals surface area contributed by atoms with Crippen LogP contribution in [0.1, 0.15) is 18.4 Å². The number of carbonyl (C=O) groups is 1. The highest BCUT2D eigenvalue weighted by Gasteiger charge is 2.28. The molecule has 3 rings (SSSR count). The summed E-state index contributed by atoms with van der Waals surface area (Å²) in [6.45, 7) is 3.04. The number of rotatable bonds is 3. The van der Waals surface area contributed by atoms with Crippen LogP contribution in [0, 0.1) is 0 Å². The predicted octanol–water partition coefficient (Wildman–Crippen LogP) is 1.94. The van der Waals surface area contributed by atoms with Gasteiger partial charge in [-0.3, -0.25) is 4.79 Å². The van der Waals surface area contributed by atoms with Crippen LogP contribution in [0.3, 0.4) is 0 Å². The van der Waals surface area contributed by atoms with Crippen molar-refractivity contribution in [2.75, 3.05) is 26.3 Å². The molecule has 0 aromatic heterocycles. The number of hydrogen-bond acceptors (Lipinski definition) is 3. The first-order chi connectivity index (χ1) is 10.3. The molecule has 1 aromatic rings. The first-order valence-electron chi connectivity index (χ1n) is 7.37. The molecule has 0 spiro atoms. The molecule has 4 heteroatoms. The Morgan fingerprint density at radius 2 is 1.86 bits per heavy atom. The minimum Gasteiger partial charge on any atom is -0.378 e.